The fraction of sp³-hybridized carbons (Fsp3) is 0.158. The molecule has 0 saturated carbocycles. The summed E-state index contributed by atoms with van der Waals surface area (Å²) in [5.74, 6) is -1.66. The number of thiophene rings is 2. The first-order chi connectivity index (χ1) is 13.5. The van der Waals surface area contributed by atoms with Crippen molar-refractivity contribution in [3.05, 3.63) is 75.1 Å². The first kappa shape index (κ1) is 20.2. The molecule has 146 valence electrons. The number of amides is 2. The molecular formula is C19H18N2O4S3. The van der Waals surface area contributed by atoms with Gasteiger partial charge in [0.2, 0.25) is 0 Å². The summed E-state index contributed by atoms with van der Waals surface area (Å²) in [4.78, 5) is 25.8. The van der Waals surface area contributed by atoms with Crippen LogP contribution in [0, 0.1) is 0 Å². The van der Waals surface area contributed by atoms with Gasteiger partial charge in [-0.1, -0.05) is 30.3 Å². The van der Waals surface area contributed by atoms with Crippen LogP contribution in [-0.2, 0) is 26.0 Å². The van der Waals surface area contributed by atoms with Crippen LogP contribution in [0.25, 0.3) is 0 Å². The maximum Gasteiger partial charge on any atom is 0.309 e. The van der Waals surface area contributed by atoms with E-state index in [-0.39, 0.29) is 18.0 Å². The summed E-state index contributed by atoms with van der Waals surface area (Å²) in [6.07, 6.45) is 0. The summed E-state index contributed by atoms with van der Waals surface area (Å²) < 4.78 is 26.1. The first-order valence-corrected chi connectivity index (χ1v) is 11.7. The van der Waals surface area contributed by atoms with Crippen LogP contribution in [0.15, 0.2) is 70.3 Å². The Balaban J connectivity index is 1.69. The topological polar surface area (TPSA) is 92.3 Å². The Bertz CT molecular complexity index is 1010. The molecule has 0 saturated heterocycles. The molecule has 1 aromatic carbocycles. The molecule has 6 nitrogen and oxygen atoms in total. The minimum atomic E-state index is -3.73. The Morgan fingerprint density at radius 2 is 1.54 bits per heavy atom. The predicted octanol–water partition coefficient (Wildman–Crippen LogP) is 2.76. The quantitative estimate of drug-likeness (QED) is 0.559. The molecule has 2 amide bonds. The second-order valence-electron chi connectivity index (χ2n) is 5.83. The van der Waals surface area contributed by atoms with E-state index in [9.17, 15) is 18.0 Å². The van der Waals surface area contributed by atoms with Gasteiger partial charge < -0.3 is 10.6 Å². The van der Waals surface area contributed by atoms with E-state index in [2.05, 4.69) is 10.6 Å². The second-order valence-corrected chi connectivity index (χ2v) is 9.98. The minimum absolute atomic E-state index is 0.171. The number of sulfone groups is 1. The molecule has 3 rings (SSSR count). The summed E-state index contributed by atoms with van der Waals surface area (Å²) in [6.45, 7) is 0.0591. The van der Waals surface area contributed by atoms with E-state index in [0.717, 1.165) is 4.88 Å². The average molecular weight is 435 g/mol. The van der Waals surface area contributed by atoms with Gasteiger partial charge in [-0.25, -0.2) is 8.42 Å². The number of hydrogen-bond acceptors (Lipinski definition) is 6. The Hall–Kier alpha value is -2.49. The van der Waals surface area contributed by atoms with Crippen LogP contribution >= 0.6 is 22.7 Å². The van der Waals surface area contributed by atoms with E-state index in [4.69, 9.17) is 0 Å². The largest absolute Gasteiger partial charge is 0.346 e. The molecule has 0 aliphatic rings. The fourth-order valence-electron chi connectivity index (χ4n) is 2.54. The molecule has 0 radical (unpaired) electrons. The summed E-state index contributed by atoms with van der Waals surface area (Å²) in [5, 5.41) is 7.67. The summed E-state index contributed by atoms with van der Waals surface area (Å²) >= 11 is 2.76. The van der Waals surface area contributed by atoms with Gasteiger partial charge in [0.15, 0.2) is 9.84 Å². The van der Waals surface area contributed by atoms with Crippen molar-refractivity contribution in [1.29, 1.82) is 0 Å². The Labute approximate surface area is 171 Å². The lowest BCUT2D eigenvalue weighted by Gasteiger charge is -2.17. The van der Waals surface area contributed by atoms with Crippen LogP contribution in [0.2, 0.25) is 0 Å². The van der Waals surface area contributed by atoms with Crippen LogP contribution < -0.4 is 10.6 Å². The number of hydrogen-bond donors (Lipinski definition) is 2. The van der Waals surface area contributed by atoms with Crippen molar-refractivity contribution in [3.63, 3.8) is 0 Å². The minimum Gasteiger partial charge on any atom is -0.346 e. The molecule has 1 atom stereocenters. The van der Waals surface area contributed by atoms with Crippen LogP contribution in [0.5, 0.6) is 0 Å². The Kier molecular flexibility index (Phi) is 6.61. The standard InChI is InChI=1S/C19H18N2O4S3/c22-18(20-12-14-6-4-10-26-14)19(23)21-13-17(16-9-5-11-27-16)28(24,25)15-7-2-1-3-8-15/h1-11,17H,12-13H2,(H,20,22)(H,21,23)/t17-/m0/s1. The lowest BCUT2D eigenvalue weighted by molar-refractivity contribution is -0.139. The first-order valence-electron chi connectivity index (χ1n) is 8.39. The molecular weight excluding hydrogens is 416 g/mol. The number of benzene rings is 1. The van der Waals surface area contributed by atoms with E-state index in [1.54, 1.807) is 35.7 Å². The van der Waals surface area contributed by atoms with Crippen LogP contribution in [-0.4, -0.2) is 26.8 Å². The zero-order chi connectivity index (χ0) is 20.0. The molecule has 0 aliphatic heterocycles. The number of nitrogens with one attached hydrogen (secondary N) is 2. The van der Waals surface area contributed by atoms with Gasteiger partial charge in [-0.05, 0) is 35.0 Å². The van der Waals surface area contributed by atoms with Crippen molar-refractivity contribution >= 4 is 44.3 Å². The van der Waals surface area contributed by atoms with Crippen LogP contribution in [0.3, 0.4) is 0 Å². The van der Waals surface area contributed by atoms with Crippen LogP contribution in [0.4, 0.5) is 0 Å². The van der Waals surface area contributed by atoms with Gasteiger partial charge in [-0.2, -0.15) is 0 Å². The van der Waals surface area contributed by atoms with E-state index >= 15 is 0 Å². The molecule has 0 unspecified atom stereocenters. The second kappa shape index (κ2) is 9.13. The van der Waals surface area contributed by atoms with E-state index in [1.165, 1.54) is 34.8 Å². The third-order valence-corrected chi connectivity index (χ3v) is 8.07. The smallest absolute Gasteiger partial charge is 0.309 e. The molecule has 0 aliphatic carbocycles. The average Bonchev–Trinajstić information content (AvgIpc) is 3.41. The third kappa shape index (κ3) is 4.86. The van der Waals surface area contributed by atoms with Crippen molar-refractivity contribution < 1.29 is 18.0 Å². The van der Waals surface area contributed by atoms with Gasteiger partial charge in [-0.3, -0.25) is 9.59 Å². The van der Waals surface area contributed by atoms with Crippen molar-refractivity contribution in [3.8, 4) is 0 Å². The van der Waals surface area contributed by atoms with Gasteiger partial charge in [0.05, 0.1) is 11.4 Å². The monoisotopic (exact) mass is 434 g/mol. The van der Waals surface area contributed by atoms with Gasteiger partial charge in [-0.15, -0.1) is 22.7 Å². The normalized spacial score (nSPS) is 12.3. The lowest BCUT2D eigenvalue weighted by atomic mass is 10.3. The summed E-state index contributed by atoms with van der Waals surface area (Å²) in [6, 6.07) is 15.2. The van der Waals surface area contributed by atoms with Crippen molar-refractivity contribution in [2.45, 2.75) is 16.7 Å². The highest BCUT2D eigenvalue weighted by Crippen LogP contribution is 2.31. The number of rotatable bonds is 7. The highest BCUT2D eigenvalue weighted by Gasteiger charge is 2.31. The molecule has 0 fully saturated rings. The van der Waals surface area contributed by atoms with Crippen molar-refractivity contribution in [2.24, 2.45) is 0 Å². The lowest BCUT2D eigenvalue weighted by Crippen LogP contribution is -2.41. The van der Waals surface area contributed by atoms with Gasteiger partial charge >= 0.3 is 11.8 Å². The molecule has 2 aromatic heterocycles. The molecule has 9 heteroatoms. The van der Waals surface area contributed by atoms with Crippen molar-refractivity contribution in [2.75, 3.05) is 6.54 Å². The fourth-order valence-corrected chi connectivity index (χ4v) is 5.99. The molecule has 2 heterocycles. The summed E-state index contributed by atoms with van der Waals surface area (Å²) in [7, 11) is -3.73. The van der Waals surface area contributed by atoms with E-state index in [1.807, 2.05) is 17.5 Å². The predicted molar refractivity (Wildman–Crippen MR) is 110 cm³/mol. The van der Waals surface area contributed by atoms with Gasteiger partial charge in [0, 0.05) is 16.3 Å². The van der Waals surface area contributed by atoms with Gasteiger partial charge in [0.1, 0.15) is 5.25 Å². The van der Waals surface area contributed by atoms with E-state index < -0.39 is 26.9 Å². The van der Waals surface area contributed by atoms with Crippen LogP contribution in [0.1, 0.15) is 15.0 Å². The van der Waals surface area contributed by atoms with Gasteiger partial charge in [0.25, 0.3) is 0 Å². The maximum absolute atomic E-state index is 13.1. The number of carbonyl (C=O) groups excluding carboxylic acids is 2. The maximum atomic E-state index is 13.1. The zero-order valence-corrected chi connectivity index (χ0v) is 17.1. The SMILES string of the molecule is O=C(NCc1cccs1)C(=O)NC[C@@H](c1cccs1)S(=O)(=O)c1ccccc1. The number of carbonyl (C=O) groups is 2. The third-order valence-electron chi connectivity index (χ3n) is 3.96. The van der Waals surface area contributed by atoms with Crippen molar-refractivity contribution in [1.82, 2.24) is 10.6 Å². The highest BCUT2D eigenvalue weighted by molar-refractivity contribution is 7.91. The molecule has 2 N–H and O–H groups in total. The molecule has 0 bridgehead atoms. The molecule has 28 heavy (non-hydrogen) atoms. The Morgan fingerprint density at radius 3 is 2.18 bits per heavy atom. The zero-order valence-electron chi connectivity index (χ0n) is 14.7. The highest BCUT2D eigenvalue weighted by atomic mass is 32.2. The van der Waals surface area contributed by atoms with E-state index in [0.29, 0.717) is 4.88 Å². The summed E-state index contributed by atoms with van der Waals surface area (Å²) in [5.41, 5.74) is 0. The molecule has 3 aromatic rings. The Morgan fingerprint density at radius 1 is 0.857 bits per heavy atom. The molecule has 0 spiro atoms.